The molecule has 1 unspecified atom stereocenters. The minimum Gasteiger partial charge on any atom is -0.338 e. The minimum atomic E-state index is -0.341. The highest BCUT2D eigenvalue weighted by Crippen LogP contribution is 2.42. The van der Waals surface area contributed by atoms with E-state index in [0.29, 0.717) is 23.6 Å². The third-order valence-electron chi connectivity index (χ3n) is 4.43. The van der Waals surface area contributed by atoms with Crippen molar-refractivity contribution in [2.75, 3.05) is 0 Å². The van der Waals surface area contributed by atoms with Gasteiger partial charge in [-0.25, -0.2) is 0 Å². The normalized spacial score (nSPS) is 25.1. The van der Waals surface area contributed by atoms with Gasteiger partial charge in [0.15, 0.2) is 5.82 Å². The lowest BCUT2D eigenvalue weighted by Crippen LogP contribution is -2.25. The van der Waals surface area contributed by atoms with Crippen molar-refractivity contribution in [1.29, 1.82) is 0 Å². The van der Waals surface area contributed by atoms with Gasteiger partial charge in [-0.1, -0.05) is 25.9 Å². The monoisotopic (exact) mass is 275 g/mol. The van der Waals surface area contributed by atoms with Crippen LogP contribution in [0.4, 0.5) is 0 Å². The summed E-state index contributed by atoms with van der Waals surface area (Å²) >= 11 is 0. The van der Waals surface area contributed by atoms with Gasteiger partial charge in [0.2, 0.25) is 5.89 Å². The quantitative estimate of drug-likeness (QED) is 0.858. The topological polar surface area (TPSA) is 64.9 Å². The molecule has 2 N–H and O–H groups in total. The number of terminal acetylenes is 1. The number of nitrogens with zero attached hydrogens (tertiary/aromatic N) is 2. The van der Waals surface area contributed by atoms with Crippen molar-refractivity contribution < 1.29 is 4.52 Å². The summed E-state index contributed by atoms with van der Waals surface area (Å²) in [5.41, 5.74) is 6.28. The van der Waals surface area contributed by atoms with Crippen molar-refractivity contribution in [1.82, 2.24) is 10.1 Å². The molecule has 1 saturated carbocycles. The van der Waals surface area contributed by atoms with Crippen molar-refractivity contribution in [3.8, 4) is 12.3 Å². The van der Waals surface area contributed by atoms with Gasteiger partial charge in [0.25, 0.3) is 0 Å². The van der Waals surface area contributed by atoms with Crippen LogP contribution in [0.2, 0.25) is 0 Å². The van der Waals surface area contributed by atoms with E-state index < -0.39 is 0 Å². The summed E-state index contributed by atoms with van der Waals surface area (Å²) in [6.45, 7) is 6.97. The molecule has 2 rings (SSSR count). The summed E-state index contributed by atoms with van der Waals surface area (Å²) in [5, 5.41) is 4.10. The third-order valence-corrected chi connectivity index (χ3v) is 4.43. The molecule has 0 amide bonds. The molecule has 20 heavy (non-hydrogen) atoms. The van der Waals surface area contributed by atoms with Crippen LogP contribution in [-0.2, 0) is 0 Å². The van der Waals surface area contributed by atoms with Crippen LogP contribution in [0.5, 0.6) is 0 Å². The Morgan fingerprint density at radius 1 is 1.35 bits per heavy atom. The fourth-order valence-corrected chi connectivity index (χ4v) is 3.00. The van der Waals surface area contributed by atoms with Gasteiger partial charge in [-0.05, 0) is 37.0 Å². The maximum absolute atomic E-state index is 5.89. The largest absolute Gasteiger partial charge is 0.338 e. The number of hydrogen-bond donors (Lipinski definition) is 1. The summed E-state index contributed by atoms with van der Waals surface area (Å²) in [6.07, 6.45) is 10.4. The van der Waals surface area contributed by atoms with Crippen LogP contribution < -0.4 is 5.73 Å². The van der Waals surface area contributed by atoms with E-state index in [1.807, 2.05) is 0 Å². The van der Waals surface area contributed by atoms with Crippen LogP contribution in [0, 0.1) is 23.7 Å². The molecule has 0 saturated heterocycles. The molecule has 4 heteroatoms. The molecule has 0 spiro atoms. The molecule has 1 aromatic heterocycles. The van der Waals surface area contributed by atoms with E-state index >= 15 is 0 Å². The van der Waals surface area contributed by atoms with Crippen molar-refractivity contribution in [3.05, 3.63) is 11.7 Å². The second-order valence-corrected chi connectivity index (χ2v) is 6.92. The molecule has 1 atom stereocenters. The number of hydrogen-bond acceptors (Lipinski definition) is 4. The molecular weight excluding hydrogens is 250 g/mol. The first-order chi connectivity index (χ1) is 9.41. The standard InChI is InChI=1S/C16H25N3O/c1-5-6-13(17)15-18-14(19-20-15)11-7-9-12(10-8-11)16(2,3)4/h1,11-13H,6-10,17H2,2-4H3. The van der Waals surface area contributed by atoms with Crippen LogP contribution in [0.15, 0.2) is 4.52 Å². The van der Waals surface area contributed by atoms with Gasteiger partial charge in [-0.2, -0.15) is 4.98 Å². The summed E-state index contributed by atoms with van der Waals surface area (Å²) in [5.74, 6) is 4.99. The van der Waals surface area contributed by atoms with Gasteiger partial charge < -0.3 is 10.3 Å². The average molecular weight is 275 g/mol. The summed E-state index contributed by atoms with van der Waals surface area (Å²) in [7, 11) is 0. The third kappa shape index (κ3) is 3.40. The van der Waals surface area contributed by atoms with E-state index in [9.17, 15) is 0 Å². The van der Waals surface area contributed by atoms with E-state index in [4.69, 9.17) is 16.7 Å². The summed E-state index contributed by atoms with van der Waals surface area (Å²) in [4.78, 5) is 4.44. The van der Waals surface area contributed by atoms with E-state index in [0.717, 1.165) is 24.6 Å². The predicted octanol–water partition coefficient (Wildman–Crippen LogP) is 3.41. The Kier molecular flexibility index (Phi) is 4.49. The number of rotatable bonds is 3. The minimum absolute atomic E-state index is 0.341. The number of aromatic nitrogens is 2. The predicted molar refractivity (Wildman–Crippen MR) is 78.8 cm³/mol. The van der Waals surface area contributed by atoms with Crippen molar-refractivity contribution >= 4 is 0 Å². The molecule has 1 fully saturated rings. The Morgan fingerprint density at radius 2 is 2.00 bits per heavy atom. The van der Waals surface area contributed by atoms with Gasteiger partial charge in [0, 0.05) is 12.3 Å². The smallest absolute Gasteiger partial charge is 0.244 e. The van der Waals surface area contributed by atoms with E-state index in [1.54, 1.807) is 0 Å². The Morgan fingerprint density at radius 3 is 2.55 bits per heavy atom. The van der Waals surface area contributed by atoms with Crippen LogP contribution >= 0.6 is 0 Å². The van der Waals surface area contributed by atoms with Gasteiger partial charge in [0.1, 0.15) is 0 Å². The van der Waals surface area contributed by atoms with Gasteiger partial charge in [-0.15, -0.1) is 12.3 Å². The first-order valence-corrected chi connectivity index (χ1v) is 7.44. The molecular formula is C16H25N3O. The molecule has 1 aliphatic carbocycles. The Labute approximate surface area is 121 Å². The maximum Gasteiger partial charge on any atom is 0.244 e. The fourth-order valence-electron chi connectivity index (χ4n) is 3.00. The summed E-state index contributed by atoms with van der Waals surface area (Å²) < 4.78 is 5.24. The van der Waals surface area contributed by atoms with E-state index in [-0.39, 0.29) is 6.04 Å². The first-order valence-electron chi connectivity index (χ1n) is 7.44. The van der Waals surface area contributed by atoms with Gasteiger partial charge in [-0.3, -0.25) is 0 Å². The van der Waals surface area contributed by atoms with Gasteiger partial charge >= 0.3 is 0 Å². The van der Waals surface area contributed by atoms with Crippen LogP contribution in [-0.4, -0.2) is 10.1 Å². The maximum atomic E-state index is 5.89. The highest BCUT2D eigenvalue weighted by Gasteiger charge is 2.32. The van der Waals surface area contributed by atoms with E-state index in [2.05, 4.69) is 36.8 Å². The lowest BCUT2D eigenvalue weighted by Gasteiger charge is -2.36. The number of nitrogens with two attached hydrogens (primary N) is 1. The second kappa shape index (κ2) is 5.97. The van der Waals surface area contributed by atoms with Crippen molar-refractivity contribution in [2.24, 2.45) is 17.1 Å². The zero-order valence-electron chi connectivity index (χ0n) is 12.7. The Hall–Kier alpha value is -1.34. The van der Waals surface area contributed by atoms with Gasteiger partial charge in [0.05, 0.1) is 6.04 Å². The van der Waals surface area contributed by atoms with Crippen LogP contribution in [0.1, 0.15) is 76.6 Å². The molecule has 0 bridgehead atoms. The Bertz CT molecular complexity index is 473. The molecule has 0 aliphatic heterocycles. The molecule has 0 radical (unpaired) electrons. The molecule has 110 valence electrons. The fraction of sp³-hybridized carbons (Fsp3) is 0.750. The van der Waals surface area contributed by atoms with Crippen LogP contribution in [0.3, 0.4) is 0 Å². The van der Waals surface area contributed by atoms with E-state index in [1.165, 1.54) is 12.8 Å². The zero-order chi connectivity index (χ0) is 14.8. The molecule has 1 heterocycles. The van der Waals surface area contributed by atoms with Crippen LogP contribution in [0.25, 0.3) is 0 Å². The molecule has 4 nitrogen and oxygen atoms in total. The lowest BCUT2D eigenvalue weighted by atomic mass is 9.70. The first kappa shape index (κ1) is 15.1. The highest BCUT2D eigenvalue weighted by atomic mass is 16.5. The molecule has 1 aliphatic rings. The van der Waals surface area contributed by atoms with Crippen molar-refractivity contribution in [3.63, 3.8) is 0 Å². The SMILES string of the molecule is C#CCC(N)c1nc(C2CCC(C(C)(C)C)CC2)no1. The molecule has 0 aromatic carbocycles. The zero-order valence-corrected chi connectivity index (χ0v) is 12.7. The van der Waals surface area contributed by atoms with Crippen molar-refractivity contribution in [2.45, 2.75) is 64.8 Å². The second-order valence-electron chi connectivity index (χ2n) is 6.92. The summed E-state index contributed by atoms with van der Waals surface area (Å²) in [6, 6.07) is -0.341. The molecule has 1 aromatic rings. The average Bonchev–Trinajstić information content (AvgIpc) is 2.88. The lowest BCUT2D eigenvalue weighted by molar-refractivity contribution is 0.166. The highest BCUT2D eigenvalue weighted by molar-refractivity contribution is 5.03. The Balaban J connectivity index is 1.96.